The quantitative estimate of drug-likeness (QED) is 0.662. The number of allylic oxidation sites excluding steroid dienone is 4. The maximum Gasteiger partial charge on any atom is 0.139 e. The summed E-state index contributed by atoms with van der Waals surface area (Å²) in [6, 6.07) is 0. The van der Waals surface area contributed by atoms with Crippen molar-refractivity contribution in [3.63, 3.8) is 0 Å². The Bertz CT molecular complexity index is 655. The highest BCUT2D eigenvalue weighted by atomic mass is 16.1. The molecule has 1 aliphatic heterocycles. The van der Waals surface area contributed by atoms with E-state index < -0.39 is 0 Å². The van der Waals surface area contributed by atoms with Crippen molar-refractivity contribution in [3.05, 3.63) is 23.4 Å². The van der Waals surface area contributed by atoms with Gasteiger partial charge < -0.3 is 4.90 Å². The fraction of sp³-hybridized carbons (Fsp3) is 0.783. The Kier molecular flexibility index (Phi) is 3.53. The number of carbonyl (C=O) groups excluding carboxylic acids is 1. The number of carbonyl (C=O) groups is 1. The number of likely N-dealkylation sites (tertiary alicyclic amines) is 1. The average Bonchev–Trinajstić information content (AvgIpc) is 3.23. The van der Waals surface area contributed by atoms with Gasteiger partial charge in [0.15, 0.2) is 0 Å². The van der Waals surface area contributed by atoms with Crippen LogP contribution in [0.4, 0.5) is 0 Å². The van der Waals surface area contributed by atoms with E-state index in [0.29, 0.717) is 17.1 Å². The van der Waals surface area contributed by atoms with Gasteiger partial charge in [-0.3, -0.25) is 4.79 Å². The molecule has 1 heterocycles. The number of hydrogen-bond acceptors (Lipinski definition) is 2. The first-order valence-corrected chi connectivity index (χ1v) is 10.7. The minimum absolute atomic E-state index is 0.00802. The molecule has 0 bridgehead atoms. The summed E-state index contributed by atoms with van der Waals surface area (Å²) in [6.45, 7) is 7.37. The van der Waals surface area contributed by atoms with Gasteiger partial charge in [0.25, 0.3) is 0 Å². The van der Waals surface area contributed by atoms with E-state index in [1.165, 1.54) is 51.6 Å². The van der Waals surface area contributed by atoms with Crippen LogP contribution in [0.15, 0.2) is 23.4 Å². The molecule has 0 unspecified atom stereocenters. The Morgan fingerprint density at radius 1 is 1.00 bits per heavy atom. The van der Waals surface area contributed by atoms with Crippen LogP contribution in [0.25, 0.3) is 0 Å². The van der Waals surface area contributed by atoms with Crippen molar-refractivity contribution in [1.82, 2.24) is 4.90 Å². The zero-order valence-electron chi connectivity index (χ0n) is 16.0. The molecule has 5 rings (SSSR count). The summed E-state index contributed by atoms with van der Waals surface area (Å²) in [5.74, 6) is 2.77. The second kappa shape index (κ2) is 5.47. The van der Waals surface area contributed by atoms with Crippen molar-refractivity contribution in [2.45, 2.75) is 71.6 Å². The lowest BCUT2D eigenvalue weighted by molar-refractivity contribution is -0.131. The first kappa shape index (κ1) is 16.1. The molecule has 4 aliphatic carbocycles. The van der Waals surface area contributed by atoms with Gasteiger partial charge in [-0.05, 0) is 86.2 Å². The molecule has 0 aromatic heterocycles. The molecular weight excluding hydrogens is 306 g/mol. The largest absolute Gasteiger partial charge is 0.375 e. The molecule has 3 fully saturated rings. The van der Waals surface area contributed by atoms with Gasteiger partial charge in [0.1, 0.15) is 5.78 Å². The van der Waals surface area contributed by atoms with Crippen molar-refractivity contribution in [2.75, 3.05) is 13.1 Å². The van der Waals surface area contributed by atoms with Crippen molar-refractivity contribution in [2.24, 2.45) is 28.6 Å². The number of rotatable bonds is 1. The number of Topliss-reactive ketones (excluding diaryl/α,β-unsaturated/α-hetero) is 1. The summed E-state index contributed by atoms with van der Waals surface area (Å²) >= 11 is 0. The molecule has 2 saturated carbocycles. The Labute approximate surface area is 152 Å². The number of nitrogens with zero attached hydrogens (tertiary/aromatic N) is 1. The lowest BCUT2D eigenvalue weighted by atomic mass is 9.49. The Hall–Kier alpha value is -1.05. The average molecular weight is 340 g/mol. The minimum Gasteiger partial charge on any atom is -0.375 e. The van der Waals surface area contributed by atoms with Gasteiger partial charge in [-0.15, -0.1) is 0 Å². The molecule has 0 radical (unpaired) electrons. The maximum atomic E-state index is 12.5. The van der Waals surface area contributed by atoms with E-state index in [2.05, 4.69) is 30.9 Å². The van der Waals surface area contributed by atoms with Crippen LogP contribution in [0.3, 0.4) is 0 Å². The fourth-order valence-electron chi connectivity index (χ4n) is 7.34. The first-order chi connectivity index (χ1) is 12.0. The van der Waals surface area contributed by atoms with Crippen LogP contribution in [-0.4, -0.2) is 23.8 Å². The third-order valence-electron chi connectivity index (χ3n) is 8.97. The predicted octanol–water partition coefficient (Wildman–Crippen LogP) is 5.11. The Morgan fingerprint density at radius 2 is 1.76 bits per heavy atom. The van der Waals surface area contributed by atoms with Crippen LogP contribution in [0, 0.1) is 28.6 Å². The monoisotopic (exact) mass is 339 g/mol. The summed E-state index contributed by atoms with van der Waals surface area (Å²) in [5, 5.41) is 0. The number of hydrogen-bond donors (Lipinski definition) is 0. The molecule has 2 nitrogen and oxygen atoms in total. The van der Waals surface area contributed by atoms with Crippen LogP contribution in [0.5, 0.6) is 0 Å². The van der Waals surface area contributed by atoms with E-state index in [0.717, 1.165) is 31.1 Å². The van der Waals surface area contributed by atoms with Gasteiger partial charge in [-0.25, -0.2) is 0 Å². The maximum absolute atomic E-state index is 12.5. The lowest BCUT2D eigenvalue weighted by Gasteiger charge is -2.56. The van der Waals surface area contributed by atoms with Gasteiger partial charge in [0.2, 0.25) is 0 Å². The van der Waals surface area contributed by atoms with Gasteiger partial charge >= 0.3 is 0 Å². The van der Waals surface area contributed by atoms with E-state index in [1.54, 1.807) is 11.3 Å². The molecule has 5 atom stereocenters. The smallest absolute Gasteiger partial charge is 0.139 e. The standard InChI is InChI=1S/C23H33NO/c1-22-11-9-17(24-13-3-4-14-24)15-16(22)5-6-18-19-7-8-21(25)23(19,2)12-10-20(18)22/h5,15,18-20H,3-4,6-14H2,1-2H3/t18-,19-,20-,22-,23-/m0/s1. The second-order valence-corrected chi connectivity index (χ2v) is 9.94. The second-order valence-electron chi connectivity index (χ2n) is 9.94. The summed E-state index contributed by atoms with van der Waals surface area (Å²) in [6.07, 6.45) is 16.1. The van der Waals surface area contributed by atoms with Crippen molar-refractivity contribution < 1.29 is 4.79 Å². The van der Waals surface area contributed by atoms with Crippen molar-refractivity contribution in [1.29, 1.82) is 0 Å². The van der Waals surface area contributed by atoms with E-state index in [9.17, 15) is 4.79 Å². The number of ketones is 1. The zero-order chi connectivity index (χ0) is 17.2. The van der Waals surface area contributed by atoms with E-state index >= 15 is 0 Å². The Morgan fingerprint density at radius 3 is 2.56 bits per heavy atom. The lowest BCUT2D eigenvalue weighted by Crippen LogP contribution is -2.49. The van der Waals surface area contributed by atoms with Crippen LogP contribution in [0.2, 0.25) is 0 Å². The minimum atomic E-state index is 0.00802. The van der Waals surface area contributed by atoms with Gasteiger partial charge in [-0.2, -0.15) is 0 Å². The summed E-state index contributed by atoms with van der Waals surface area (Å²) in [5.41, 5.74) is 3.61. The highest BCUT2D eigenvalue weighted by molar-refractivity contribution is 5.87. The summed E-state index contributed by atoms with van der Waals surface area (Å²) in [4.78, 5) is 15.2. The molecule has 5 aliphatic rings. The predicted molar refractivity (Wildman–Crippen MR) is 101 cm³/mol. The van der Waals surface area contributed by atoms with E-state index in [-0.39, 0.29) is 5.41 Å². The third kappa shape index (κ3) is 2.18. The molecule has 0 N–H and O–H groups in total. The van der Waals surface area contributed by atoms with Crippen LogP contribution < -0.4 is 0 Å². The summed E-state index contributed by atoms with van der Waals surface area (Å²) in [7, 11) is 0. The number of fused-ring (bicyclic) bond motifs is 5. The third-order valence-corrected chi connectivity index (χ3v) is 8.97. The molecular formula is C23H33NO. The topological polar surface area (TPSA) is 20.3 Å². The summed E-state index contributed by atoms with van der Waals surface area (Å²) < 4.78 is 0. The van der Waals surface area contributed by atoms with E-state index in [1.807, 2.05) is 0 Å². The molecule has 0 spiro atoms. The van der Waals surface area contributed by atoms with Crippen LogP contribution in [0.1, 0.15) is 71.6 Å². The molecule has 0 aromatic rings. The molecule has 1 saturated heterocycles. The Balaban J connectivity index is 1.47. The van der Waals surface area contributed by atoms with Gasteiger partial charge in [0, 0.05) is 30.6 Å². The highest BCUT2D eigenvalue weighted by Gasteiger charge is 2.58. The van der Waals surface area contributed by atoms with Crippen LogP contribution in [-0.2, 0) is 4.79 Å². The van der Waals surface area contributed by atoms with Crippen molar-refractivity contribution in [3.8, 4) is 0 Å². The molecule has 0 amide bonds. The van der Waals surface area contributed by atoms with Crippen molar-refractivity contribution >= 4 is 5.78 Å². The normalized spacial score (nSPS) is 46.2. The molecule has 0 aromatic carbocycles. The van der Waals surface area contributed by atoms with Gasteiger partial charge in [-0.1, -0.05) is 19.9 Å². The highest BCUT2D eigenvalue weighted by Crippen LogP contribution is 2.63. The van der Waals surface area contributed by atoms with E-state index in [4.69, 9.17) is 0 Å². The molecule has 2 heteroatoms. The van der Waals surface area contributed by atoms with Gasteiger partial charge in [0.05, 0.1) is 0 Å². The van der Waals surface area contributed by atoms with Crippen LogP contribution >= 0.6 is 0 Å². The SMILES string of the molecule is C[C@]12CCC(N3CCCC3)=CC1=CC[C@@H]1[C@@H]2CC[C@]2(C)C(=O)CC[C@@H]12. The fourth-order valence-corrected chi connectivity index (χ4v) is 7.34. The molecule has 25 heavy (non-hydrogen) atoms. The molecule has 136 valence electrons. The zero-order valence-corrected chi connectivity index (χ0v) is 16.0. The first-order valence-electron chi connectivity index (χ1n) is 10.7.